The van der Waals surface area contributed by atoms with Crippen LogP contribution in [0.15, 0.2) is 42.0 Å². The summed E-state index contributed by atoms with van der Waals surface area (Å²) in [7, 11) is 0. The van der Waals surface area contributed by atoms with Crippen molar-refractivity contribution in [2.75, 3.05) is 6.61 Å². The van der Waals surface area contributed by atoms with Crippen LogP contribution in [0.25, 0.3) is 5.57 Å². The summed E-state index contributed by atoms with van der Waals surface area (Å²) in [5, 5.41) is 2.29. The third-order valence-corrected chi connectivity index (χ3v) is 6.15. The van der Waals surface area contributed by atoms with Gasteiger partial charge in [-0.05, 0) is 0 Å². The molecule has 2 rings (SSSR count). The van der Waals surface area contributed by atoms with Crippen LogP contribution in [0.1, 0.15) is 25.8 Å². The Balaban J connectivity index is 0.00000162. The quantitative estimate of drug-likeness (QED) is 0.736. The fourth-order valence-electron chi connectivity index (χ4n) is 2.29. The van der Waals surface area contributed by atoms with Gasteiger partial charge < -0.3 is 0 Å². The average Bonchev–Trinajstić information content (AvgIpc) is 2.76. The van der Waals surface area contributed by atoms with E-state index < -0.39 is 18.3 Å². The van der Waals surface area contributed by atoms with E-state index in [0.717, 1.165) is 13.0 Å². The molecule has 1 aliphatic carbocycles. The molecule has 1 aromatic carbocycles. The smallest absolute Gasteiger partial charge is 0.147 e. The molecule has 19 heavy (non-hydrogen) atoms. The molecule has 1 nitrogen and oxygen atoms in total. The first-order valence-corrected chi connectivity index (χ1v) is 9.14. The van der Waals surface area contributed by atoms with E-state index in [1.165, 1.54) is 20.6 Å². The van der Waals surface area contributed by atoms with Crippen LogP contribution in [0, 0.1) is 0 Å². The molecule has 0 aromatic heterocycles. The van der Waals surface area contributed by atoms with E-state index in [4.69, 9.17) is 3.32 Å². The second kappa shape index (κ2) is 8.99. The SMILES string of the molecule is CC[O][Ti]([CH3])[c]1ccccc1C1=C(C)C=CC1.Cl.Cl. The molecule has 0 bridgehead atoms. The molecule has 0 atom stereocenters. The first kappa shape index (κ1) is 19.0. The zero-order valence-corrected chi connectivity index (χ0v) is 14.8. The van der Waals surface area contributed by atoms with Crippen molar-refractivity contribution in [2.45, 2.75) is 25.5 Å². The summed E-state index contributed by atoms with van der Waals surface area (Å²) in [5.74, 6) is 0. The fraction of sp³-hybridized carbons (Fsp3) is 0.333. The Labute approximate surface area is 135 Å². The molecule has 0 saturated carbocycles. The van der Waals surface area contributed by atoms with E-state index >= 15 is 0 Å². The van der Waals surface area contributed by atoms with Crippen LogP contribution in [0.3, 0.4) is 0 Å². The van der Waals surface area contributed by atoms with Crippen molar-refractivity contribution < 1.29 is 21.6 Å². The van der Waals surface area contributed by atoms with Crippen LogP contribution >= 0.6 is 24.8 Å². The molecule has 0 fully saturated rings. The standard InChI is InChI=1S/C12H11.C2H5O.CH3.2ClH.Ti/c1-10-6-5-9-12(10)11-7-3-2-4-8-11;1-2-3;;;;/h2-7H,9H2,1H3;2H2,1H3;1H3;2*1H;/q;-1;;;;+1. The minimum atomic E-state index is -1.53. The van der Waals surface area contributed by atoms with Gasteiger partial charge in [0.05, 0.1) is 0 Å². The Morgan fingerprint density at radius 2 is 1.89 bits per heavy atom. The van der Waals surface area contributed by atoms with Crippen molar-refractivity contribution >= 4 is 34.3 Å². The summed E-state index contributed by atoms with van der Waals surface area (Å²) < 4.78 is 7.35. The van der Waals surface area contributed by atoms with Crippen LogP contribution in [-0.2, 0) is 21.6 Å². The van der Waals surface area contributed by atoms with Gasteiger partial charge in [-0.25, -0.2) is 0 Å². The van der Waals surface area contributed by atoms with Crippen molar-refractivity contribution in [1.82, 2.24) is 0 Å². The molecule has 0 radical (unpaired) electrons. The van der Waals surface area contributed by atoms with Crippen molar-refractivity contribution in [3.63, 3.8) is 0 Å². The maximum atomic E-state index is 5.89. The van der Waals surface area contributed by atoms with Crippen LogP contribution in [0.2, 0.25) is 5.23 Å². The van der Waals surface area contributed by atoms with Gasteiger partial charge in [-0.1, -0.05) is 0 Å². The molecule has 0 spiro atoms. The Hall–Kier alpha value is -0.0457. The molecule has 0 saturated heterocycles. The van der Waals surface area contributed by atoms with Gasteiger partial charge in [-0.3, -0.25) is 0 Å². The van der Waals surface area contributed by atoms with Crippen LogP contribution < -0.4 is 3.87 Å². The number of hydrogen-bond acceptors (Lipinski definition) is 1. The third-order valence-electron chi connectivity index (χ3n) is 3.16. The summed E-state index contributed by atoms with van der Waals surface area (Å²) in [5.41, 5.74) is 4.30. The number of rotatable bonds is 4. The minimum absolute atomic E-state index is 0. The number of benzene rings is 1. The van der Waals surface area contributed by atoms with E-state index in [0.29, 0.717) is 0 Å². The summed E-state index contributed by atoms with van der Waals surface area (Å²) in [6.07, 6.45) is 5.54. The molecule has 105 valence electrons. The summed E-state index contributed by atoms with van der Waals surface area (Å²) in [6.45, 7) is 5.11. The van der Waals surface area contributed by atoms with Crippen LogP contribution in [0.5, 0.6) is 0 Å². The Kier molecular flexibility index (Phi) is 8.97. The van der Waals surface area contributed by atoms with Gasteiger partial charge in [-0.15, -0.1) is 24.8 Å². The van der Waals surface area contributed by atoms with Gasteiger partial charge in [0.15, 0.2) is 0 Å². The van der Waals surface area contributed by atoms with Crippen molar-refractivity contribution in [1.29, 1.82) is 0 Å². The predicted octanol–water partition coefficient (Wildman–Crippen LogP) is 4.51. The van der Waals surface area contributed by atoms with E-state index in [-0.39, 0.29) is 24.8 Å². The summed E-state index contributed by atoms with van der Waals surface area (Å²) in [4.78, 5) is 0. The topological polar surface area (TPSA) is 9.23 Å². The molecular formula is C15H21Cl2OTi. The molecule has 0 aliphatic heterocycles. The van der Waals surface area contributed by atoms with E-state index in [2.05, 4.69) is 55.5 Å². The Bertz CT molecular complexity index is 469. The van der Waals surface area contributed by atoms with Gasteiger partial charge in [0.1, 0.15) is 0 Å². The molecule has 1 aromatic rings. The molecule has 0 amide bonds. The van der Waals surface area contributed by atoms with E-state index in [1.807, 2.05) is 0 Å². The molecule has 0 N–H and O–H groups in total. The Morgan fingerprint density at radius 1 is 1.21 bits per heavy atom. The third kappa shape index (κ3) is 4.48. The average molecular weight is 336 g/mol. The Morgan fingerprint density at radius 3 is 2.47 bits per heavy atom. The molecule has 0 heterocycles. The first-order valence-electron chi connectivity index (χ1n) is 6.16. The number of hydrogen-bond donors (Lipinski definition) is 0. The maximum Gasteiger partial charge on any atom is -0.147 e. The van der Waals surface area contributed by atoms with Gasteiger partial charge in [0, 0.05) is 0 Å². The maximum absolute atomic E-state index is 5.89. The largest absolute Gasteiger partial charge is 0.147 e. The molecule has 0 unspecified atom stereocenters. The van der Waals surface area contributed by atoms with E-state index in [1.54, 1.807) is 0 Å². The van der Waals surface area contributed by atoms with Gasteiger partial charge in [-0.2, -0.15) is 0 Å². The zero-order valence-electron chi connectivity index (χ0n) is 11.6. The van der Waals surface area contributed by atoms with Crippen molar-refractivity contribution in [3.8, 4) is 0 Å². The van der Waals surface area contributed by atoms with Crippen LogP contribution in [-0.4, -0.2) is 6.61 Å². The molecule has 4 heteroatoms. The normalized spacial score (nSPS) is 13.0. The zero-order chi connectivity index (χ0) is 12.3. The first-order chi connectivity index (χ1) is 8.24. The van der Waals surface area contributed by atoms with Gasteiger partial charge in [0.2, 0.25) is 0 Å². The van der Waals surface area contributed by atoms with Gasteiger partial charge >= 0.3 is 111 Å². The van der Waals surface area contributed by atoms with Gasteiger partial charge in [0.25, 0.3) is 0 Å². The molecular weight excluding hydrogens is 315 g/mol. The second-order valence-electron chi connectivity index (χ2n) is 4.30. The number of allylic oxidation sites excluding steroid dienone is 4. The summed E-state index contributed by atoms with van der Waals surface area (Å²) >= 11 is -1.53. The molecule has 1 aliphatic rings. The van der Waals surface area contributed by atoms with Crippen LogP contribution in [0.4, 0.5) is 0 Å². The second-order valence-corrected chi connectivity index (χ2v) is 7.33. The fourth-order valence-corrected chi connectivity index (χ4v) is 4.68. The monoisotopic (exact) mass is 335 g/mol. The number of halogens is 2. The summed E-state index contributed by atoms with van der Waals surface area (Å²) in [6, 6.07) is 8.76. The minimum Gasteiger partial charge on any atom is -0.147 e. The predicted molar refractivity (Wildman–Crippen MR) is 84.4 cm³/mol. The van der Waals surface area contributed by atoms with Crippen molar-refractivity contribution in [2.24, 2.45) is 0 Å². The van der Waals surface area contributed by atoms with Crippen molar-refractivity contribution in [3.05, 3.63) is 47.6 Å². The van der Waals surface area contributed by atoms with E-state index in [9.17, 15) is 0 Å².